The molecular formula is C15H23N3O3S. The van der Waals surface area contributed by atoms with Gasteiger partial charge in [-0.15, -0.1) is 0 Å². The van der Waals surface area contributed by atoms with Gasteiger partial charge in [-0.1, -0.05) is 19.3 Å². The number of carbonyl (C=O) groups is 1. The first-order chi connectivity index (χ1) is 10.5. The largest absolute Gasteiger partial charge is 0.351 e. The number of amides is 1. The van der Waals surface area contributed by atoms with Crippen molar-refractivity contribution in [2.45, 2.75) is 38.1 Å². The lowest BCUT2D eigenvalue weighted by Gasteiger charge is -2.32. The summed E-state index contributed by atoms with van der Waals surface area (Å²) in [5.41, 5.74) is 0.478. The van der Waals surface area contributed by atoms with Crippen LogP contribution < -0.4 is 5.32 Å². The van der Waals surface area contributed by atoms with Gasteiger partial charge in [0.2, 0.25) is 10.0 Å². The summed E-state index contributed by atoms with van der Waals surface area (Å²) in [5, 5.41) is 2.76. The maximum absolute atomic E-state index is 12.0. The standard InChI is InChI=1S/C15H23N3O3S/c1-22(20,21)18(14-7-3-2-4-8-14)11-10-17-15(19)13-6-5-9-16-12-13/h5-6,9,12,14H,2-4,7-8,10-11H2,1H3,(H,17,19). The van der Waals surface area contributed by atoms with E-state index in [9.17, 15) is 13.2 Å². The molecule has 1 aliphatic rings. The fourth-order valence-electron chi connectivity index (χ4n) is 2.87. The Morgan fingerprint density at radius 3 is 2.68 bits per heavy atom. The normalized spacial score (nSPS) is 16.6. The first kappa shape index (κ1) is 16.9. The van der Waals surface area contributed by atoms with Crippen LogP contribution in [0.4, 0.5) is 0 Å². The van der Waals surface area contributed by atoms with Crippen molar-refractivity contribution < 1.29 is 13.2 Å². The van der Waals surface area contributed by atoms with E-state index in [1.807, 2.05) is 0 Å². The molecule has 0 atom stereocenters. The van der Waals surface area contributed by atoms with Gasteiger partial charge in [-0.3, -0.25) is 9.78 Å². The Morgan fingerprint density at radius 1 is 1.36 bits per heavy atom. The summed E-state index contributed by atoms with van der Waals surface area (Å²) in [4.78, 5) is 15.8. The zero-order valence-corrected chi connectivity index (χ0v) is 13.7. The molecule has 6 nitrogen and oxygen atoms in total. The van der Waals surface area contributed by atoms with Crippen LogP contribution in [-0.2, 0) is 10.0 Å². The van der Waals surface area contributed by atoms with Crippen molar-refractivity contribution >= 4 is 15.9 Å². The molecule has 1 amide bonds. The van der Waals surface area contributed by atoms with Crippen LogP contribution in [0, 0.1) is 0 Å². The highest BCUT2D eigenvalue weighted by Gasteiger charge is 2.27. The number of hydrogen-bond donors (Lipinski definition) is 1. The lowest BCUT2D eigenvalue weighted by molar-refractivity contribution is 0.0949. The minimum Gasteiger partial charge on any atom is -0.351 e. The Hall–Kier alpha value is -1.47. The van der Waals surface area contributed by atoms with Gasteiger partial charge < -0.3 is 5.32 Å². The highest BCUT2D eigenvalue weighted by Crippen LogP contribution is 2.23. The van der Waals surface area contributed by atoms with E-state index in [-0.39, 0.29) is 11.9 Å². The molecule has 1 saturated carbocycles. The van der Waals surface area contributed by atoms with Gasteiger partial charge in [0.1, 0.15) is 0 Å². The molecule has 1 N–H and O–H groups in total. The minimum atomic E-state index is -3.26. The molecule has 0 saturated heterocycles. The predicted molar refractivity (Wildman–Crippen MR) is 85.0 cm³/mol. The summed E-state index contributed by atoms with van der Waals surface area (Å²) in [6.45, 7) is 0.618. The van der Waals surface area contributed by atoms with Gasteiger partial charge in [0.15, 0.2) is 0 Å². The summed E-state index contributed by atoms with van der Waals surface area (Å²) in [7, 11) is -3.26. The quantitative estimate of drug-likeness (QED) is 0.857. The van der Waals surface area contributed by atoms with E-state index < -0.39 is 10.0 Å². The SMILES string of the molecule is CS(=O)(=O)N(CCNC(=O)c1cccnc1)C1CCCCC1. The summed E-state index contributed by atoms with van der Waals surface area (Å²) >= 11 is 0. The molecule has 7 heteroatoms. The van der Waals surface area contributed by atoms with Crippen molar-refractivity contribution in [3.8, 4) is 0 Å². The number of hydrogen-bond acceptors (Lipinski definition) is 4. The number of sulfonamides is 1. The third kappa shape index (κ3) is 4.78. The molecular weight excluding hydrogens is 302 g/mol. The first-order valence-electron chi connectivity index (χ1n) is 7.63. The van der Waals surface area contributed by atoms with Crippen LogP contribution in [0.2, 0.25) is 0 Å². The van der Waals surface area contributed by atoms with Gasteiger partial charge in [0, 0.05) is 31.5 Å². The number of nitrogens with one attached hydrogen (secondary N) is 1. The van der Waals surface area contributed by atoms with E-state index in [0.717, 1.165) is 25.7 Å². The maximum atomic E-state index is 12.0. The third-order valence-electron chi connectivity index (χ3n) is 3.95. The molecule has 122 valence electrons. The zero-order chi connectivity index (χ0) is 16.0. The van der Waals surface area contributed by atoms with E-state index in [4.69, 9.17) is 0 Å². The molecule has 0 aliphatic heterocycles. The van der Waals surface area contributed by atoms with Gasteiger partial charge in [0.05, 0.1) is 11.8 Å². The van der Waals surface area contributed by atoms with Gasteiger partial charge >= 0.3 is 0 Å². The molecule has 1 aromatic heterocycles. The lowest BCUT2D eigenvalue weighted by atomic mass is 9.95. The van der Waals surface area contributed by atoms with Crippen molar-refractivity contribution in [2.75, 3.05) is 19.3 Å². The van der Waals surface area contributed by atoms with E-state index in [1.165, 1.54) is 23.2 Å². The van der Waals surface area contributed by atoms with Crippen LogP contribution in [0.1, 0.15) is 42.5 Å². The molecule has 22 heavy (non-hydrogen) atoms. The number of nitrogens with zero attached hydrogens (tertiary/aromatic N) is 2. The van der Waals surface area contributed by atoms with Crippen LogP contribution in [0.15, 0.2) is 24.5 Å². The summed E-state index contributed by atoms with van der Waals surface area (Å²) in [6, 6.07) is 3.44. The second kappa shape index (κ2) is 7.69. The number of rotatable bonds is 6. The molecule has 1 heterocycles. The van der Waals surface area contributed by atoms with E-state index in [2.05, 4.69) is 10.3 Å². The van der Waals surface area contributed by atoms with E-state index >= 15 is 0 Å². The van der Waals surface area contributed by atoms with Gasteiger partial charge in [-0.05, 0) is 25.0 Å². The Kier molecular flexibility index (Phi) is 5.90. The smallest absolute Gasteiger partial charge is 0.252 e. The molecule has 0 unspecified atom stereocenters. The minimum absolute atomic E-state index is 0.0686. The van der Waals surface area contributed by atoms with Crippen molar-refractivity contribution in [1.82, 2.24) is 14.6 Å². The van der Waals surface area contributed by atoms with Gasteiger partial charge in [-0.25, -0.2) is 8.42 Å². The Balaban J connectivity index is 1.90. The second-order valence-electron chi connectivity index (χ2n) is 5.66. The van der Waals surface area contributed by atoms with Crippen LogP contribution in [0.3, 0.4) is 0 Å². The average molecular weight is 325 g/mol. The van der Waals surface area contributed by atoms with Crippen LogP contribution >= 0.6 is 0 Å². The summed E-state index contributed by atoms with van der Waals surface area (Å²) in [5.74, 6) is -0.231. The van der Waals surface area contributed by atoms with Gasteiger partial charge in [-0.2, -0.15) is 4.31 Å². The average Bonchev–Trinajstić information content (AvgIpc) is 2.52. The van der Waals surface area contributed by atoms with Crippen molar-refractivity contribution in [3.63, 3.8) is 0 Å². The first-order valence-corrected chi connectivity index (χ1v) is 9.48. The van der Waals surface area contributed by atoms with Crippen LogP contribution in [0.5, 0.6) is 0 Å². The Labute approximate surface area is 132 Å². The van der Waals surface area contributed by atoms with E-state index in [1.54, 1.807) is 18.3 Å². The topological polar surface area (TPSA) is 79.4 Å². The number of carbonyl (C=O) groups excluding carboxylic acids is 1. The Bertz CT molecular complexity index is 583. The highest BCUT2D eigenvalue weighted by molar-refractivity contribution is 7.88. The maximum Gasteiger partial charge on any atom is 0.252 e. The molecule has 0 aromatic carbocycles. The van der Waals surface area contributed by atoms with Crippen molar-refractivity contribution in [3.05, 3.63) is 30.1 Å². The monoisotopic (exact) mass is 325 g/mol. The van der Waals surface area contributed by atoms with Crippen LogP contribution in [0.25, 0.3) is 0 Å². The van der Waals surface area contributed by atoms with Crippen molar-refractivity contribution in [2.24, 2.45) is 0 Å². The third-order valence-corrected chi connectivity index (χ3v) is 5.28. The summed E-state index contributed by atoms with van der Waals surface area (Å²) < 4.78 is 25.5. The summed E-state index contributed by atoms with van der Waals surface area (Å²) in [6.07, 6.45) is 9.46. The zero-order valence-electron chi connectivity index (χ0n) is 12.9. The molecule has 0 spiro atoms. The van der Waals surface area contributed by atoms with E-state index in [0.29, 0.717) is 18.7 Å². The second-order valence-corrected chi connectivity index (χ2v) is 7.60. The fourth-order valence-corrected chi connectivity index (χ4v) is 4.04. The molecule has 0 bridgehead atoms. The molecule has 0 radical (unpaired) electrons. The highest BCUT2D eigenvalue weighted by atomic mass is 32.2. The lowest BCUT2D eigenvalue weighted by Crippen LogP contribution is -2.45. The fraction of sp³-hybridized carbons (Fsp3) is 0.600. The molecule has 2 rings (SSSR count). The molecule has 1 aromatic rings. The van der Waals surface area contributed by atoms with Crippen LogP contribution in [-0.4, -0.2) is 49.0 Å². The number of pyridine rings is 1. The predicted octanol–water partition coefficient (Wildman–Crippen LogP) is 1.41. The van der Waals surface area contributed by atoms with Gasteiger partial charge in [0.25, 0.3) is 5.91 Å². The Morgan fingerprint density at radius 2 is 2.09 bits per heavy atom. The molecule has 1 aliphatic carbocycles. The molecule has 1 fully saturated rings. The number of aromatic nitrogens is 1. The van der Waals surface area contributed by atoms with Crippen molar-refractivity contribution in [1.29, 1.82) is 0 Å².